The summed E-state index contributed by atoms with van der Waals surface area (Å²) in [5.74, 6) is 2.04. The van der Waals surface area contributed by atoms with Gasteiger partial charge in [0.05, 0.1) is 10.6 Å². The lowest BCUT2D eigenvalue weighted by Gasteiger charge is -2.07. The third-order valence-electron chi connectivity index (χ3n) is 2.14. The van der Waals surface area contributed by atoms with Crippen molar-refractivity contribution in [3.05, 3.63) is 50.6 Å². The quantitative estimate of drug-likeness (QED) is 0.425. The number of halogens is 1. The van der Waals surface area contributed by atoms with Crippen LogP contribution in [0.25, 0.3) is 0 Å². The van der Waals surface area contributed by atoms with E-state index >= 15 is 0 Å². The van der Waals surface area contributed by atoms with E-state index in [-0.39, 0.29) is 0 Å². The molecule has 0 aliphatic carbocycles. The molecule has 19 heavy (non-hydrogen) atoms. The van der Waals surface area contributed by atoms with Crippen LogP contribution in [0.4, 0.5) is 0 Å². The average molecular weight is 347 g/mol. The lowest BCUT2D eigenvalue weighted by molar-refractivity contribution is -0.404. The minimum absolute atomic E-state index is 0.407. The van der Waals surface area contributed by atoms with Crippen molar-refractivity contribution in [2.45, 2.75) is 5.75 Å². The van der Waals surface area contributed by atoms with Gasteiger partial charge in [0.2, 0.25) is 0 Å². The average Bonchev–Trinajstić information content (AvgIpc) is 2.38. The number of hydrogen-bond donors (Lipinski definition) is 2. The molecule has 0 unspecified atom stereocenters. The first-order chi connectivity index (χ1) is 9.13. The number of nitro groups is 1. The predicted octanol–water partition coefficient (Wildman–Crippen LogP) is 1.96. The van der Waals surface area contributed by atoms with Crippen LogP contribution in [-0.4, -0.2) is 29.3 Å². The number of thioether (sulfide) groups is 1. The highest BCUT2D eigenvalue weighted by Crippen LogP contribution is 2.18. The Labute approximate surface area is 124 Å². The third kappa shape index (κ3) is 6.44. The molecule has 0 amide bonds. The van der Waals surface area contributed by atoms with Crippen LogP contribution in [0.5, 0.6) is 0 Å². The fraction of sp³-hybridized carbons (Fsp3) is 0.364. The van der Waals surface area contributed by atoms with Crippen molar-refractivity contribution in [1.29, 1.82) is 0 Å². The molecule has 1 aromatic heterocycles. The molecule has 0 aromatic carbocycles. The Hall–Kier alpha value is -1.28. The first-order valence-electron chi connectivity index (χ1n) is 5.57. The van der Waals surface area contributed by atoms with Gasteiger partial charge in [-0.3, -0.25) is 15.1 Å². The number of hydrogen-bond acceptors (Lipinski definition) is 6. The predicted molar refractivity (Wildman–Crippen MR) is 80.2 cm³/mol. The minimum Gasteiger partial charge on any atom is -0.370 e. The Balaban J connectivity index is 2.25. The van der Waals surface area contributed by atoms with Crippen LogP contribution in [0.2, 0.25) is 0 Å². The fourth-order valence-electron chi connectivity index (χ4n) is 1.26. The van der Waals surface area contributed by atoms with E-state index in [2.05, 4.69) is 31.5 Å². The Morgan fingerprint density at radius 2 is 2.47 bits per heavy atom. The maximum Gasteiger partial charge on any atom is 0.274 e. The summed E-state index contributed by atoms with van der Waals surface area (Å²) in [6.07, 6.45) is 2.68. The number of rotatable bonds is 8. The van der Waals surface area contributed by atoms with Gasteiger partial charge in [0.15, 0.2) is 5.82 Å². The van der Waals surface area contributed by atoms with Gasteiger partial charge in [-0.1, -0.05) is 0 Å². The van der Waals surface area contributed by atoms with Gasteiger partial charge in [0.25, 0.3) is 6.20 Å². The van der Waals surface area contributed by atoms with Crippen molar-refractivity contribution in [1.82, 2.24) is 15.6 Å². The van der Waals surface area contributed by atoms with Gasteiger partial charge in [-0.2, -0.15) is 11.8 Å². The molecule has 0 bridgehead atoms. The maximum atomic E-state index is 10.3. The van der Waals surface area contributed by atoms with Gasteiger partial charge in [-0.25, -0.2) is 0 Å². The molecule has 0 saturated carbocycles. The first-order valence-corrected chi connectivity index (χ1v) is 7.52. The summed E-state index contributed by atoms with van der Waals surface area (Å²) in [5.41, 5.74) is 1.00. The number of nitrogens with one attached hydrogen (secondary N) is 2. The van der Waals surface area contributed by atoms with E-state index in [9.17, 15) is 10.1 Å². The lowest BCUT2D eigenvalue weighted by Crippen LogP contribution is -2.26. The maximum absolute atomic E-state index is 10.3. The molecular formula is C11H15BrN4O2S. The summed E-state index contributed by atoms with van der Waals surface area (Å²) >= 11 is 5.15. The van der Waals surface area contributed by atoms with E-state index in [1.165, 1.54) is 0 Å². The van der Waals surface area contributed by atoms with Crippen LogP contribution in [0.1, 0.15) is 5.69 Å². The number of nitrogens with zero attached hydrogens (tertiary/aromatic N) is 2. The Kier molecular flexibility index (Phi) is 7.27. The summed E-state index contributed by atoms with van der Waals surface area (Å²) in [7, 11) is 1.64. The van der Waals surface area contributed by atoms with Crippen molar-refractivity contribution < 1.29 is 4.92 Å². The largest absolute Gasteiger partial charge is 0.370 e. The molecule has 0 aliphatic heterocycles. The second-order valence-electron chi connectivity index (χ2n) is 3.49. The number of pyridine rings is 1. The molecule has 0 radical (unpaired) electrons. The highest BCUT2D eigenvalue weighted by Gasteiger charge is 2.01. The highest BCUT2D eigenvalue weighted by molar-refractivity contribution is 9.10. The van der Waals surface area contributed by atoms with Gasteiger partial charge < -0.3 is 10.6 Å². The molecular weight excluding hydrogens is 332 g/mol. The van der Waals surface area contributed by atoms with E-state index in [0.717, 1.165) is 27.9 Å². The lowest BCUT2D eigenvalue weighted by atomic mass is 10.4. The molecule has 0 atom stereocenters. The topological polar surface area (TPSA) is 80.1 Å². The summed E-state index contributed by atoms with van der Waals surface area (Å²) in [5, 5.41) is 16.0. The SMILES string of the molecule is CN/C(=C/[N+](=O)[O-])NCCSCc1ncccc1Br. The summed E-state index contributed by atoms with van der Waals surface area (Å²) in [4.78, 5) is 14.1. The molecule has 8 heteroatoms. The van der Waals surface area contributed by atoms with Crippen LogP contribution in [0.15, 0.2) is 34.8 Å². The van der Waals surface area contributed by atoms with E-state index < -0.39 is 4.92 Å². The zero-order valence-corrected chi connectivity index (χ0v) is 12.8. The Morgan fingerprint density at radius 3 is 3.11 bits per heavy atom. The second kappa shape index (κ2) is 8.76. The molecule has 1 heterocycles. The molecule has 6 nitrogen and oxygen atoms in total. The van der Waals surface area contributed by atoms with Crippen molar-refractivity contribution in [2.24, 2.45) is 0 Å². The van der Waals surface area contributed by atoms with E-state index in [0.29, 0.717) is 12.4 Å². The van der Waals surface area contributed by atoms with Crippen molar-refractivity contribution in [2.75, 3.05) is 19.3 Å². The first kappa shape index (κ1) is 15.8. The molecule has 1 rings (SSSR count). The van der Waals surface area contributed by atoms with Gasteiger partial charge in [-0.05, 0) is 28.1 Å². The molecule has 0 saturated heterocycles. The zero-order chi connectivity index (χ0) is 14.1. The Bertz CT molecular complexity index is 456. The molecule has 104 valence electrons. The fourth-order valence-corrected chi connectivity index (χ4v) is 2.65. The smallest absolute Gasteiger partial charge is 0.274 e. The molecule has 0 spiro atoms. The van der Waals surface area contributed by atoms with Crippen LogP contribution >= 0.6 is 27.7 Å². The van der Waals surface area contributed by atoms with Gasteiger partial charge in [0.1, 0.15) is 0 Å². The van der Waals surface area contributed by atoms with E-state index in [1.54, 1.807) is 25.0 Å². The van der Waals surface area contributed by atoms with Crippen LogP contribution in [-0.2, 0) is 5.75 Å². The highest BCUT2D eigenvalue weighted by atomic mass is 79.9. The third-order valence-corrected chi connectivity index (χ3v) is 3.83. The molecule has 1 aromatic rings. The summed E-state index contributed by atoms with van der Waals surface area (Å²) in [6, 6.07) is 3.83. The van der Waals surface area contributed by atoms with Crippen molar-refractivity contribution in [3.63, 3.8) is 0 Å². The molecule has 0 fully saturated rings. The van der Waals surface area contributed by atoms with Gasteiger partial charge >= 0.3 is 0 Å². The van der Waals surface area contributed by atoms with Crippen molar-refractivity contribution >= 4 is 27.7 Å². The monoisotopic (exact) mass is 346 g/mol. The molecule has 2 N–H and O–H groups in total. The van der Waals surface area contributed by atoms with Gasteiger partial charge in [-0.15, -0.1) is 0 Å². The van der Waals surface area contributed by atoms with Crippen LogP contribution in [0.3, 0.4) is 0 Å². The zero-order valence-electron chi connectivity index (χ0n) is 10.4. The number of aromatic nitrogens is 1. The summed E-state index contributed by atoms with van der Waals surface area (Å²) in [6.45, 7) is 0.648. The van der Waals surface area contributed by atoms with E-state index in [1.807, 2.05) is 12.1 Å². The summed E-state index contributed by atoms with van der Waals surface area (Å²) < 4.78 is 1.000. The Morgan fingerprint density at radius 1 is 1.68 bits per heavy atom. The van der Waals surface area contributed by atoms with E-state index in [4.69, 9.17) is 0 Å². The normalized spacial score (nSPS) is 11.2. The molecule has 0 aliphatic rings. The second-order valence-corrected chi connectivity index (χ2v) is 5.45. The van der Waals surface area contributed by atoms with Crippen LogP contribution in [0, 0.1) is 10.1 Å². The standard InChI is InChI=1S/C11H15BrN4O2S/c1-13-11(7-16(17)18)15-5-6-19-8-10-9(12)3-2-4-14-10/h2-4,7,13,15H,5-6,8H2,1H3/b11-7-. The van der Waals surface area contributed by atoms with Gasteiger partial charge in [0, 0.05) is 35.8 Å². The minimum atomic E-state index is -0.489. The van der Waals surface area contributed by atoms with Crippen LogP contribution < -0.4 is 10.6 Å². The van der Waals surface area contributed by atoms with Crippen molar-refractivity contribution in [3.8, 4) is 0 Å².